The first kappa shape index (κ1) is 21.8. The molecule has 0 saturated carbocycles. The highest BCUT2D eigenvalue weighted by Crippen LogP contribution is 2.24. The van der Waals surface area contributed by atoms with E-state index in [1.165, 1.54) is 25.1 Å². The fourth-order valence-corrected chi connectivity index (χ4v) is 4.03. The molecule has 2 saturated heterocycles. The van der Waals surface area contributed by atoms with Crippen LogP contribution in [-0.2, 0) is 6.42 Å². The lowest BCUT2D eigenvalue weighted by atomic mass is 10.1. The summed E-state index contributed by atoms with van der Waals surface area (Å²) in [7, 11) is 0. The van der Waals surface area contributed by atoms with E-state index >= 15 is 0 Å². The molecule has 0 unspecified atom stereocenters. The van der Waals surface area contributed by atoms with Gasteiger partial charge in [-0.1, -0.05) is 24.3 Å². The lowest BCUT2D eigenvalue weighted by molar-refractivity contribution is -0.385. The van der Waals surface area contributed by atoms with Crippen LogP contribution < -0.4 is 9.80 Å². The van der Waals surface area contributed by atoms with Gasteiger partial charge in [0.05, 0.1) is 4.92 Å². The molecular weight excluding hydrogens is 408 g/mol. The van der Waals surface area contributed by atoms with Crippen molar-refractivity contribution in [3.05, 3.63) is 52.2 Å². The second-order valence-corrected chi connectivity index (χ2v) is 8.02. The Bertz CT molecular complexity index is 945. The topological polar surface area (TPSA) is 113 Å². The van der Waals surface area contributed by atoms with Crippen LogP contribution in [-0.4, -0.2) is 46.1 Å². The van der Waals surface area contributed by atoms with Crippen molar-refractivity contribution in [2.45, 2.75) is 44.9 Å². The van der Waals surface area contributed by atoms with Crippen molar-refractivity contribution in [2.24, 2.45) is 10.2 Å². The lowest BCUT2D eigenvalue weighted by Crippen LogP contribution is -2.34. The van der Waals surface area contributed by atoms with Crippen molar-refractivity contribution in [2.75, 3.05) is 36.0 Å². The van der Waals surface area contributed by atoms with Crippen LogP contribution in [0.15, 0.2) is 46.8 Å². The molecular formula is C22H28N8O2. The average Bonchev–Trinajstić information content (AvgIpc) is 2.85. The Morgan fingerprint density at radius 3 is 2.09 bits per heavy atom. The molecule has 168 valence electrons. The molecule has 0 spiro atoms. The Labute approximate surface area is 187 Å². The smallest absolute Gasteiger partial charge is 0.275 e. The molecule has 2 aliphatic rings. The van der Waals surface area contributed by atoms with Crippen molar-refractivity contribution < 1.29 is 4.92 Å². The molecule has 32 heavy (non-hydrogen) atoms. The number of para-hydroxylation sites is 1. The maximum Gasteiger partial charge on any atom is 0.275 e. The molecule has 1 aromatic heterocycles. The summed E-state index contributed by atoms with van der Waals surface area (Å²) < 4.78 is 0. The predicted molar refractivity (Wildman–Crippen MR) is 122 cm³/mol. The molecule has 0 N–H and O–H groups in total. The number of anilines is 2. The van der Waals surface area contributed by atoms with Gasteiger partial charge in [-0.2, -0.15) is 20.1 Å². The highest BCUT2D eigenvalue weighted by atomic mass is 16.6. The Balaban J connectivity index is 1.49. The first-order chi connectivity index (χ1) is 15.7. The van der Waals surface area contributed by atoms with Gasteiger partial charge in [0.1, 0.15) is 0 Å². The van der Waals surface area contributed by atoms with Gasteiger partial charge < -0.3 is 9.80 Å². The molecule has 10 nitrogen and oxygen atoms in total. The fraction of sp³-hybridized carbons (Fsp3) is 0.500. The summed E-state index contributed by atoms with van der Waals surface area (Å²) >= 11 is 0. The zero-order chi connectivity index (χ0) is 22.2. The van der Waals surface area contributed by atoms with Gasteiger partial charge in [-0.3, -0.25) is 10.1 Å². The largest absolute Gasteiger partial charge is 0.341 e. The van der Waals surface area contributed by atoms with Gasteiger partial charge in [0.2, 0.25) is 11.9 Å². The first-order valence-electron chi connectivity index (χ1n) is 11.2. The minimum atomic E-state index is -0.375. The fourth-order valence-electron chi connectivity index (χ4n) is 4.03. The summed E-state index contributed by atoms with van der Waals surface area (Å²) in [4.78, 5) is 29.0. The van der Waals surface area contributed by atoms with Crippen LogP contribution in [0, 0.1) is 10.1 Å². The van der Waals surface area contributed by atoms with Gasteiger partial charge in [-0.15, -0.1) is 5.11 Å². The van der Waals surface area contributed by atoms with Crippen molar-refractivity contribution >= 4 is 23.5 Å². The number of nitrogens with zero attached hydrogens (tertiary/aromatic N) is 8. The number of aromatic nitrogens is 3. The highest BCUT2D eigenvalue weighted by Gasteiger charge is 2.20. The molecule has 2 aliphatic heterocycles. The van der Waals surface area contributed by atoms with Crippen molar-refractivity contribution in [1.29, 1.82) is 0 Å². The molecule has 3 heterocycles. The Morgan fingerprint density at radius 1 is 0.906 bits per heavy atom. The number of hydrogen-bond donors (Lipinski definition) is 0. The number of nitro benzene ring substituents is 1. The maximum atomic E-state index is 11.1. The molecule has 1 aromatic carbocycles. The maximum absolute atomic E-state index is 11.1. The van der Waals surface area contributed by atoms with E-state index in [0.29, 0.717) is 23.9 Å². The van der Waals surface area contributed by atoms with Crippen LogP contribution in [0.5, 0.6) is 0 Å². The monoisotopic (exact) mass is 436 g/mol. The zero-order valence-electron chi connectivity index (χ0n) is 18.1. The SMILES string of the molecule is O=[N+]([O-])c1ccccc1C/C=C/N=Nc1nc(N2CCCCC2)nc(N2CCCCC2)n1. The van der Waals surface area contributed by atoms with Crippen molar-refractivity contribution in [1.82, 2.24) is 15.0 Å². The number of azo groups is 1. The summed E-state index contributed by atoms with van der Waals surface area (Å²) in [6.45, 7) is 3.76. The van der Waals surface area contributed by atoms with Gasteiger partial charge in [0, 0.05) is 44.0 Å². The summed E-state index contributed by atoms with van der Waals surface area (Å²) in [6, 6.07) is 6.68. The van der Waals surface area contributed by atoms with E-state index in [0.717, 1.165) is 51.9 Å². The first-order valence-corrected chi connectivity index (χ1v) is 11.2. The number of hydrogen-bond acceptors (Lipinski definition) is 9. The third-order valence-electron chi connectivity index (χ3n) is 5.72. The molecule has 2 fully saturated rings. The summed E-state index contributed by atoms with van der Waals surface area (Å²) in [6.07, 6.45) is 10.7. The molecule has 0 bridgehead atoms. The standard InChI is InChI=1S/C22H28N8O2/c31-30(32)19-12-4-3-10-18(19)11-9-13-23-27-20-24-21(28-14-5-1-6-15-28)26-22(25-20)29-16-7-2-8-17-29/h3-4,9-10,12-13H,1-2,5-8,11,14-17H2/b13-9+,27-23?. The third-order valence-corrected chi connectivity index (χ3v) is 5.72. The van der Waals surface area contributed by atoms with Crippen LogP contribution in [0.2, 0.25) is 0 Å². The Morgan fingerprint density at radius 2 is 1.50 bits per heavy atom. The summed E-state index contributed by atoms with van der Waals surface area (Å²) in [5, 5.41) is 19.4. The number of allylic oxidation sites excluding steroid dienone is 1. The minimum absolute atomic E-state index is 0.101. The van der Waals surface area contributed by atoms with Crippen LogP contribution in [0.3, 0.4) is 0 Å². The summed E-state index contributed by atoms with van der Waals surface area (Å²) in [5.41, 5.74) is 0.729. The van der Waals surface area contributed by atoms with Crippen LogP contribution in [0.25, 0.3) is 0 Å². The number of benzene rings is 1. The minimum Gasteiger partial charge on any atom is -0.341 e. The van der Waals surface area contributed by atoms with E-state index in [-0.39, 0.29) is 16.6 Å². The van der Waals surface area contributed by atoms with Gasteiger partial charge in [-0.05, 0) is 44.9 Å². The zero-order valence-corrected chi connectivity index (χ0v) is 18.1. The van der Waals surface area contributed by atoms with Crippen LogP contribution in [0.4, 0.5) is 23.5 Å². The van der Waals surface area contributed by atoms with Crippen molar-refractivity contribution in [3.63, 3.8) is 0 Å². The van der Waals surface area contributed by atoms with Gasteiger partial charge in [-0.25, -0.2) is 0 Å². The normalized spacial score (nSPS) is 17.4. The molecule has 4 rings (SSSR count). The predicted octanol–water partition coefficient (Wildman–Crippen LogP) is 4.60. The van der Waals surface area contributed by atoms with E-state index in [4.69, 9.17) is 4.98 Å². The molecule has 0 atom stereocenters. The number of piperidine rings is 2. The Hall–Kier alpha value is -3.43. The van der Waals surface area contributed by atoms with Gasteiger partial charge in [0.15, 0.2) is 0 Å². The van der Waals surface area contributed by atoms with Crippen LogP contribution >= 0.6 is 0 Å². The van der Waals surface area contributed by atoms with E-state index in [9.17, 15) is 10.1 Å². The van der Waals surface area contributed by atoms with E-state index in [2.05, 4.69) is 30.0 Å². The number of rotatable bonds is 7. The van der Waals surface area contributed by atoms with Crippen molar-refractivity contribution in [3.8, 4) is 0 Å². The molecule has 0 aliphatic carbocycles. The number of nitro groups is 1. The Kier molecular flexibility index (Phi) is 7.31. The lowest BCUT2D eigenvalue weighted by Gasteiger charge is -2.29. The molecule has 0 radical (unpaired) electrons. The second kappa shape index (κ2) is 10.7. The van der Waals surface area contributed by atoms with Crippen LogP contribution in [0.1, 0.15) is 44.1 Å². The summed E-state index contributed by atoms with van der Waals surface area (Å²) in [5.74, 6) is 1.62. The average molecular weight is 437 g/mol. The van der Waals surface area contributed by atoms with E-state index in [1.807, 2.05) is 0 Å². The third kappa shape index (κ3) is 5.63. The van der Waals surface area contributed by atoms with E-state index < -0.39 is 0 Å². The van der Waals surface area contributed by atoms with Gasteiger partial charge >= 0.3 is 0 Å². The molecule has 10 heteroatoms. The van der Waals surface area contributed by atoms with Gasteiger partial charge in [0.25, 0.3) is 11.6 Å². The molecule has 2 aromatic rings. The quantitative estimate of drug-likeness (QED) is 0.354. The highest BCUT2D eigenvalue weighted by molar-refractivity contribution is 5.44. The molecule has 0 amide bonds. The second-order valence-electron chi connectivity index (χ2n) is 8.02. The van der Waals surface area contributed by atoms with E-state index in [1.54, 1.807) is 24.3 Å².